The van der Waals surface area contributed by atoms with Crippen molar-refractivity contribution in [1.29, 1.82) is 5.26 Å². The van der Waals surface area contributed by atoms with Gasteiger partial charge in [0.05, 0.1) is 41.0 Å². The first-order chi connectivity index (χ1) is 16.7. The molecule has 2 aromatic heterocycles. The van der Waals surface area contributed by atoms with Crippen molar-refractivity contribution in [3.63, 3.8) is 0 Å². The molecule has 1 unspecified atom stereocenters. The van der Waals surface area contributed by atoms with Crippen molar-refractivity contribution >= 4 is 17.1 Å². The van der Waals surface area contributed by atoms with E-state index >= 15 is 0 Å². The van der Waals surface area contributed by atoms with Crippen LogP contribution in [0.4, 0.5) is 4.79 Å². The Morgan fingerprint density at radius 2 is 2.17 bits per heavy atom. The maximum Gasteiger partial charge on any atom is 0.410 e. The van der Waals surface area contributed by atoms with Gasteiger partial charge in [-0.15, -0.1) is 0 Å². The molecule has 0 N–H and O–H groups in total. The summed E-state index contributed by atoms with van der Waals surface area (Å²) in [6.45, 7) is 9.91. The maximum absolute atomic E-state index is 12.9. The average Bonchev–Trinajstić information content (AvgIpc) is 3.52. The van der Waals surface area contributed by atoms with Crippen LogP contribution in [0.1, 0.15) is 76.6 Å². The van der Waals surface area contributed by atoms with Gasteiger partial charge in [0, 0.05) is 19.0 Å². The molecular weight excluding hydrogens is 444 g/mol. The highest BCUT2D eigenvalue weighted by Crippen LogP contribution is 2.41. The van der Waals surface area contributed by atoms with Crippen LogP contribution in [0.5, 0.6) is 0 Å². The molecule has 2 atom stereocenters. The molecular formula is C26H32N6O3. The molecule has 1 amide bonds. The van der Waals surface area contributed by atoms with Crippen molar-refractivity contribution < 1.29 is 14.1 Å². The first-order valence-corrected chi connectivity index (χ1v) is 12.3. The number of nitriles is 1. The zero-order valence-electron chi connectivity index (χ0n) is 20.8. The molecule has 0 bridgehead atoms. The number of rotatable bonds is 6. The molecule has 2 fully saturated rings. The lowest BCUT2D eigenvalue weighted by Crippen LogP contribution is -2.43. The minimum Gasteiger partial charge on any atom is -0.441 e. The van der Waals surface area contributed by atoms with Gasteiger partial charge in [0.25, 0.3) is 0 Å². The van der Waals surface area contributed by atoms with E-state index in [0.29, 0.717) is 36.3 Å². The molecule has 1 saturated heterocycles. The fourth-order valence-electron chi connectivity index (χ4n) is 5.49. The van der Waals surface area contributed by atoms with Crippen molar-refractivity contribution in [2.45, 2.75) is 76.9 Å². The summed E-state index contributed by atoms with van der Waals surface area (Å²) < 4.78 is 13.7. The molecule has 3 aromatic rings. The Bertz CT molecular complexity index is 1290. The molecule has 1 aromatic carbocycles. The van der Waals surface area contributed by atoms with Gasteiger partial charge in [-0.25, -0.2) is 9.78 Å². The summed E-state index contributed by atoms with van der Waals surface area (Å²) in [6.07, 6.45) is 5.33. The fraction of sp³-hybridized carbons (Fsp3) is 0.577. The Kier molecular flexibility index (Phi) is 5.78. The van der Waals surface area contributed by atoms with Crippen molar-refractivity contribution in [3.8, 4) is 6.07 Å². The predicted molar refractivity (Wildman–Crippen MR) is 129 cm³/mol. The number of hydrogen-bond acceptors (Lipinski definition) is 7. The van der Waals surface area contributed by atoms with Crippen molar-refractivity contribution in [1.82, 2.24) is 24.6 Å². The van der Waals surface area contributed by atoms with Crippen molar-refractivity contribution in [2.75, 3.05) is 13.1 Å². The second kappa shape index (κ2) is 8.67. The Morgan fingerprint density at radius 3 is 2.91 bits per heavy atom. The lowest BCUT2D eigenvalue weighted by Gasteiger charge is -2.36. The van der Waals surface area contributed by atoms with Gasteiger partial charge in [0.1, 0.15) is 5.60 Å². The van der Waals surface area contributed by atoms with Gasteiger partial charge in [0.15, 0.2) is 5.82 Å². The van der Waals surface area contributed by atoms with E-state index < -0.39 is 11.0 Å². The van der Waals surface area contributed by atoms with E-state index in [-0.39, 0.29) is 12.0 Å². The van der Waals surface area contributed by atoms with E-state index in [0.717, 1.165) is 43.3 Å². The number of carbonyl (C=O) groups is 1. The molecule has 1 aliphatic carbocycles. The van der Waals surface area contributed by atoms with E-state index in [4.69, 9.17) is 9.26 Å². The highest BCUT2D eigenvalue weighted by atomic mass is 16.6. The molecule has 1 aliphatic heterocycles. The minimum atomic E-state index is -0.479. The van der Waals surface area contributed by atoms with E-state index in [1.54, 1.807) is 11.0 Å². The topological polar surface area (TPSA) is 110 Å². The second-order valence-corrected chi connectivity index (χ2v) is 11.1. The van der Waals surface area contributed by atoms with E-state index in [2.05, 4.69) is 25.8 Å². The molecule has 2 aliphatic rings. The van der Waals surface area contributed by atoms with Gasteiger partial charge in [0.2, 0.25) is 5.89 Å². The zero-order chi connectivity index (χ0) is 24.8. The van der Waals surface area contributed by atoms with Crippen LogP contribution in [-0.2, 0) is 16.7 Å². The summed E-state index contributed by atoms with van der Waals surface area (Å²) in [4.78, 5) is 23.8. The van der Waals surface area contributed by atoms with Crippen LogP contribution in [-0.4, -0.2) is 49.4 Å². The lowest BCUT2D eigenvalue weighted by molar-refractivity contribution is 0.00413. The third-order valence-electron chi connectivity index (χ3n) is 7.27. The number of hydrogen-bond donors (Lipinski definition) is 0. The van der Waals surface area contributed by atoms with E-state index in [1.807, 2.05) is 46.2 Å². The fourth-order valence-corrected chi connectivity index (χ4v) is 5.49. The van der Waals surface area contributed by atoms with Crippen LogP contribution in [0, 0.1) is 17.2 Å². The number of imidazole rings is 1. The number of aromatic nitrogens is 4. The summed E-state index contributed by atoms with van der Waals surface area (Å²) in [5, 5.41) is 13.4. The third kappa shape index (κ3) is 4.49. The molecule has 184 valence electrons. The van der Waals surface area contributed by atoms with Crippen LogP contribution < -0.4 is 0 Å². The molecule has 9 heteroatoms. The maximum atomic E-state index is 12.9. The molecule has 5 rings (SSSR count). The van der Waals surface area contributed by atoms with Gasteiger partial charge in [-0.2, -0.15) is 10.2 Å². The van der Waals surface area contributed by atoms with Crippen LogP contribution in [0.25, 0.3) is 11.0 Å². The average molecular weight is 477 g/mol. The van der Waals surface area contributed by atoms with Gasteiger partial charge in [-0.1, -0.05) is 19.0 Å². The van der Waals surface area contributed by atoms with E-state index in [9.17, 15) is 10.1 Å². The highest BCUT2D eigenvalue weighted by molar-refractivity contribution is 5.77. The number of nitrogens with zero attached hydrogens (tertiary/aromatic N) is 6. The minimum absolute atomic E-state index is 0.182. The quantitative estimate of drug-likeness (QED) is 0.504. The largest absolute Gasteiger partial charge is 0.441 e. The first kappa shape index (κ1) is 23.3. The number of amides is 1. The van der Waals surface area contributed by atoms with Crippen LogP contribution >= 0.6 is 0 Å². The van der Waals surface area contributed by atoms with Gasteiger partial charge < -0.3 is 18.7 Å². The number of carbonyl (C=O) groups excluding carboxylic acids is 1. The van der Waals surface area contributed by atoms with Gasteiger partial charge in [-0.3, -0.25) is 0 Å². The standard InChI is InChI=1S/C26H32N6O3/c1-17(2)22-29-23(35-30-22)25(3,4)14-32-15-26(34-24(32)33)9-5-6-19(11-26)13-31-16-28-20-8-7-18(12-27)10-21(20)31/h7-8,10,16-17,19H,5-6,9,11,13-15H2,1-4H3/t19-,26?/m0/s1. The van der Waals surface area contributed by atoms with Crippen molar-refractivity contribution in [2.24, 2.45) is 5.92 Å². The SMILES string of the molecule is CC(C)c1noc(C(C)(C)CN2CC3(CCC[C@H](Cn4cnc5ccc(C#N)cc54)C3)OC2=O)n1. The van der Waals surface area contributed by atoms with E-state index in [1.165, 1.54) is 0 Å². The molecule has 9 nitrogen and oxygen atoms in total. The van der Waals surface area contributed by atoms with Gasteiger partial charge in [-0.05, 0) is 63.6 Å². The molecule has 0 radical (unpaired) electrons. The van der Waals surface area contributed by atoms with Crippen LogP contribution in [0.3, 0.4) is 0 Å². The Hall–Kier alpha value is -3.41. The molecule has 1 saturated carbocycles. The molecule has 35 heavy (non-hydrogen) atoms. The molecule has 1 spiro atoms. The Labute approximate surface area is 205 Å². The first-order valence-electron chi connectivity index (χ1n) is 12.3. The lowest BCUT2D eigenvalue weighted by atomic mass is 9.77. The number of fused-ring (bicyclic) bond motifs is 1. The smallest absolute Gasteiger partial charge is 0.410 e. The summed E-state index contributed by atoms with van der Waals surface area (Å²) in [5.74, 6) is 1.76. The summed E-state index contributed by atoms with van der Waals surface area (Å²) >= 11 is 0. The van der Waals surface area contributed by atoms with Crippen LogP contribution in [0.2, 0.25) is 0 Å². The molecule has 3 heterocycles. The van der Waals surface area contributed by atoms with Gasteiger partial charge >= 0.3 is 6.09 Å². The summed E-state index contributed by atoms with van der Waals surface area (Å²) in [6, 6.07) is 7.78. The Morgan fingerprint density at radius 1 is 1.34 bits per heavy atom. The number of ether oxygens (including phenoxy) is 1. The summed E-state index contributed by atoms with van der Waals surface area (Å²) in [5.41, 5.74) is 1.53. The van der Waals surface area contributed by atoms with Crippen molar-refractivity contribution in [3.05, 3.63) is 41.8 Å². The predicted octanol–water partition coefficient (Wildman–Crippen LogP) is 4.77. The monoisotopic (exact) mass is 476 g/mol. The highest BCUT2D eigenvalue weighted by Gasteiger charge is 2.49. The second-order valence-electron chi connectivity index (χ2n) is 11.1. The normalized spacial score (nSPS) is 22.8. The number of benzene rings is 1. The summed E-state index contributed by atoms with van der Waals surface area (Å²) in [7, 11) is 0. The van der Waals surface area contributed by atoms with Crippen LogP contribution in [0.15, 0.2) is 29.0 Å². The third-order valence-corrected chi connectivity index (χ3v) is 7.27. The zero-order valence-corrected chi connectivity index (χ0v) is 20.8. The Balaban J connectivity index is 1.28.